The predicted octanol–water partition coefficient (Wildman–Crippen LogP) is 4.90. The highest BCUT2D eigenvalue weighted by Crippen LogP contribution is 2.37. The van der Waals surface area contributed by atoms with Crippen molar-refractivity contribution >= 4 is 17.7 Å². The predicted molar refractivity (Wildman–Crippen MR) is 109 cm³/mol. The van der Waals surface area contributed by atoms with E-state index >= 15 is 0 Å². The van der Waals surface area contributed by atoms with Gasteiger partial charge in [-0.1, -0.05) is 19.9 Å². The minimum Gasteiger partial charge on any atom is -0.490 e. The van der Waals surface area contributed by atoms with Gasteiger partial charge in [0.15, 0.2) is 0 Å². The first kappa shape index (κ1) is 22.1. The lowest BCUT2D eigenvalue weighted by Crippen LogP contribution is -2.41. The first-order valence-corrected chi connectivity index (χ1v) is 10.0. The molecule has 156 valence electrons. The number of rotatable bonds is 6. The maximum absolute atomic E-state index is 12.5. The smallest absolute Gasteiger partial charge is 0.415 e. The van der Waals surface area contributed by atoms with Crippen molar-refractivity contribution in [3.63, 3.8) is 0 Å². The minimum atomic E-state index is -0.558. The Balaban J connectivity index is 2.26. The zero-order valence-electron chi connectivity index (χ0n) is 17.9. The molecule has 1 amide bonds. The zero-order valence-corrected chi connectivity index (χ0v) is 17.9. The van der Waals surface area contributed by atoms with Crippen LogP contribution in [0, 0.1) is 5.92 Å². The summed E-state index contributed by atoms with van der Waals surface area (Å²) in [7, 11) is 0. The van der Waals surface area contributed by atoms with E-state index in [2.05, 4.69) is 13.8 Å². The van der Waals surface area contributed by atoms with E-state index in [-0.39, 0.29) is 18.0 Å². The first-order chi connectivity index (χ1) is 13.1. The van der Waals surface area contributed by atoms with E-state index in [1.165, 1.54) is 0 Å². The van der Waals surface area contributed by atoms with Gasteiger partial charge in [-0.2, -0.15) is 0 Å². The lowest BCUT2D eigenvalue weighted by molar-refractivity contribution is -0.143. The van der Waals surface area contributed by atoms with Gasteiger partial charge in [0, 0.05) is 0 Å². The SMILES string of the molecule is CCOC(=O)C[C@@H](CC(C)C)c1ccc2c(c1)OCCN2C(=O)OC(C)(C)C. The van der Waals surface area contributed by atoms with E-state index in [1.807, 2.05) is 45.9 Å². The summed E-state index contributed by atoms with van der Waals surface area (Å²) in [6.07, 6.45) is 0.823. The number of anilines is 1. The fourth-order valence-electron chi connectivity index (χ4n) is 3.32. The summed E-state index contributed by atoms with van der Waals surface area (Å²) in [5, 5.41) is 0. The van der Waals surface area contributed by atoms with Gasteiger partial charge in [0.25, 0.3) is 0 Å². The lowest BCUT2D eigenvalue weighted by Gasteiger charge is -2.32. The molecule has 0 aliphatic carbocycles. The second-order valence-electron chi connectivity index (χ2n) is 8.54. The molecule has 2 rings (SSSR count). The Labute approximate surface area is 168 Å². The molecular formula is C22H33NO5. The summed E-state index contributed by atoms with van der Waals surface area (Å²) in [5.41, 5.74) is 1.16. The summed E-state index contributed by atoms with van der Waals surface area (Å²) in [6.45, 7) is 12.9. The molecule has 28 heavy (non-hydrogen) atoms. The van der Waals surface area contributed by atoms with Crippen LogP contribution in [0.3, 0.4) is 0 Å². The molecule has 6 nitrogen and oxygen atoms in total. The number of carbonyl (C=O) groups excluding carboxylic acids is 2. The first-order valence-electron chi connectivity index (χ1n) is 10.0. The van der Waals surface area contributed by atoms with Crippen LogP contribution >= 0.6 is 0 Å². The van der Waals surface area contributed by atoms with Crippen LogP contribution in [-0.2, 0) is 14.3 Å². The topological polar surface area (TPSA) is 65.1 Å². The average molecular weight is 392 g/mol. The Morgan fingerprint density at radius 1 is 1.25 bits per heavy atom. The molecule has 0 aromatic heterocycles. The number of fused-ring (bicyclic) bond motifs is 1. The number of esters is 1. The molecule has 0 N–H and O–H groups in total. The maximum Gasteiger partial charge on any atom is 0.415 e. The van der Waals surface area contributed by atoms with Gasteiger partial charge in [0.05, 0.1) is 25.3 Å². The standard InChI is InChI=1S/C22H33NO5/c1-7-26-20(24)14-17(12-15(2)3)16-8-9-18-19(13-16)27-11-10-23(18)21(25)28-22(4,5)6/h8-9,13,15,17H,7,10-12,14H2,1-6H3/t17-/m1/s1. The Hall–Kier alpha value is -2.24. The van der Waals surface area contributed by atoms with Gasteiger partial charge in [0.1, 0.15) is 18.0 Å². The highest BCUT2D eigenvalue weighted by Gasteiger charge is 2.29. The molecule has 1 aromatic rings. The Morgan fingerprint density at radius 3 is 2.57 bits per heavy atom. The van der Waals surface area contributed by atoms with Gasteiger partial charge in [-0.25, -0.2) is 4.79 Å². The molecule has 0 radical (unpaired) electrons. The molecule has 1 aromatic carbocycles. The molecule has 0 saturated carbocycles. The summed E-state index contributed by atoms with van der Waals surface area (Å²) in [5.74, 6) is 0.939. The van der Waals surface area contributed by atoms with Gasteiger partial charge in [-0.15, -0.1) is 0 Å². The van der Waals surface area contributed by atoms with Crippen LogP contribution in [0.1, 0.15) is 65.9 Å². The summed E-state index contributed by atoms with van der Waals surface area (Å²) < 4.78 is 16.5. The van der Waals surface area contributed by atoms with Crippen LogP contribution in [-0.4, -0.2) is 37.4 Å². The van der Waals surface area contributed by atoms with Crippen molar-refractivity contribution in [1.29, 1.82) is 0 Å². The van der Waals surface area contributed by atoms with Gasteiger partial charge in [-0.05, 0) is 63.6 Å². The minimum absolute atomic E-state index is 0.0462. The van der Waals surface area contributed by atoms with Gasteiger partial charge >= 0.3 is 12.1 Å². The molecule has 1 aliphatic rings. The fourth-order valence-corrected chi connectivity index (χ4v) is 3.32. The second kappa shape index (κ2) is 9.30. The largest absolute Gasteiger partial charge is 0.490 e. The highest BCUT2D eigenvalue weighted by atomic mass is 16.6. The van der Waals surface area contributed by atoms with Crippen molar-refractivity contribution in [1.82, 2.24) is 0 Å². The second-order valence-corrected chi connectivity index (χ2v) is 8.54. The van der Waals surface area contributed by atoms with E-state index in [9.17, 15) is 9.59 Å². The maximum atomic E-state index is 12.5. The van der Waals surface area contributed by atoms with E-state index in [0.717, 1.165) is 12.0 Å². The molecule has 0 saturated heterocycles. The monoisotopic (exact) mass is 391 g/mol. The van der Waals surface area contributed by atoms with Crippen molar-refractivity contribution < 1.29 is 23.8 Å². The summed E-state index contributed by atoms with van der Waals surface area (Å²) in [6, 6.07) is 5.79. The fraction of sp³-hybridized carbons (Fsp3) is 0.636. The number of carbonyl (C=O) groups is 2. The summed E-state index contributed by atoms with van der Waals surface area (Å²) >= 11 is 0. The normalized spacial score (nSPS) is 14.9. The highest BCUT2D eigenvalue weighted by molar-refractivity contribution is 5.90. The Bertz CT molecular complexity index is 693. The van der Waals surface area contributed by atoms with Crippen molar-refractivity contribution in [2.45, 2.75) is 65.9 Å². The van der Waals surface area contributed by atoms with Crippen molar-refractivity contribution in [3.05, 3.63) is 23.8 Å². The number of amides is 1. The average Bonchev–Trinajstić information content (AvgIpc) is 2.58. The molecule has 0 fully saturated rings. The van der Waals surface area contributed by atoms with Crippen LogP contribution in [0.5, 0.6) is 5.75 Å². The molecule has 0 unspecified atom stereocenters. The number of benzene rings is 1. The van der Waals surface area contributed by atoms with Crippen LogP contribution in [0.25, 0.3) is 0 Å². The van der Waals surface area contributed by atoms with Crippen LogP contribution in [0.4, 0.5) is 10.5 Å². The third-order valence-corrected chi connectivity index (χ3v) is 4.41. The van der Waals surface area contributed by atoms with Gasteiger partial charge < -0.3 is 14.2 Å². The molecule has 0 bridgehead atoms. The number of ether oxygens (including phenoxy) is 3. The molecule has 6 heteroatoms. The van der Waals surface area contributed by atoms with E-state index in [4.69, 9.17) is 14.2 Å². The van der Waals surface area contributed by atoms with Crippen molar-refractivity contribution in [2.24, 2.45) is 5.92 Å². The summed E-state index contributed by atoms with van der Waals surface area (Å²) in [4.78, 5) is 26.2. The third kappa shape index (κ3) is 6.14. The molecule has 1 aliphatic heterocycles. The number of nitrogens with zero attached hydrogens (tertiary/aromatic N) is 1. The van der Waals surface area contributed by atoms with E-state index in [1.54, 1.807) is 4.90 Å². The Morgan fingerprint density at radius 2 is 1.96 bits per heavy atom. The lowest BCUT2D eigenvalue weighted by atomic mass is 9.87. The molecule has 1 atom stereocenters. The van der Waals surface area contributed by atoms with E-state index < -0.39 is 5.60 Å². The van der Waals surface area contributed by atoms with Crippen LogP contribution in [0.15, 0.2) is 18.2 Å². The number of hydrogen-bond acceptors (Lipinski definition) is 5. The van der Waals surface area contributed by atoms with Crippen LogP contribution in [0.2, 0.25) is 0 Å². The molecule has 0 spiro atoms. The molecular weight excluding hydrogens is 358 g/mol. The van der Waals surface area contributed by atoms with Crippen LogP contribution < -0.4 is 9.64 Å². The third-order valence-electron chi connectivity index (χ3n) is 4.41. The van der Waals surface area contributed by atoms with Crippen molar-refractivity contribution in [3.8, 4) is 5.75 Å². The van der Waals surface area contributed by atoms with E-state index in [0.29, 0.717) is 43.5 Å². The van der Waals surface area contributed by atoms with Gasteiger partial charge in [-0.3, -0.25) is 9.69 Å². The Kier molecular flexibility index (Phi) is 7.33. The quantitative estimate of drug-likeness (QED) is 0.645. The van der Waals surface area contributed by atoms with Crippen molar-refractivity contribution in [2.75, 3.05) is 24.7 Å². The molecule has 1 heterocycles. The zero-order chi connectivity index (χ0) is 20.9. The number of hydrogen-bond donors (Lipinski definition) is 0. The van der Waals surface area contributed by atoms with Gasteiger partial charge in [0.2, 0.25) is 0 Å².